The Balaban J connectivity index is 2.19. The smallest absolute Gasteiger partial charge is 0.195 e. The maximum Gasteiger partial charge on any atom is 0.195 e. The summed E-state index contributed by atoms with van der Waals surface area (Å²) >= 11 is 5.38. The van der Waals surface area contributed by atoms with Crippen LogP contribution in [0.3, 0.4) is 0 Å². The quantitative estimate of drug-likeness (QED) is 0.803. The van der Waals surface area contributed by atoms with Gasteiger partial charge in [-0.1, -0.05) is 26.7 Å². The molecule has 0 aromatic carbocycles. The van der Waals surface area contributed by atoms with Crippen molar-refractivity contribution in [3.8, 4) is 11.4 Å². The third-order valence-electron chi connectivity index (χ3n) is 3.47. The van der Waals surface area contributed by atoms with Gasteiger partial charge >= 0.3 is 0 Å². The molecule has 5 heteroatoms. The van der Waals surface area contributed by atoms with Crippen molar-refractivity contribution in [1.29, 1.82) is 0 Å². The highest BCUT2D eigenvalue weighted by molar-refractivity contribution is 7.71. The molecule has 1 unspecified atom stereocenters. The van der Waals surface area contributed by atoms with Crippen LogP contribution < -0.4 is 0 Å². The number of pyridine rings is 1. The topological polar surface area (TPSA) is 46.5 Å². The first kappa shape index (κ1) is 14.9. The second kappa shape index (κ2) is 6.79. The molecule has 4 nitrogen and oxygen atoms in total. The summed E-state index contributed by atoms with van der Waals surface area (Å²) in [5.74, 6) is 1.62. The zero-order valence-corrected chi connectivity index (χ0v) is 13.2. The van der Waals surface area contributed by atoms with Gasteiger partial charge in [-0.15, -0.1) is 0 Å². The summed E-state index contributed by atoms with van der Waals surface area (Å²) in [5.41, 5.74) is 0.996. The molecular weight excluding hydrogens is 268 g/mol. The highest BCUT2D eigenvalue weighted by atomic mass is 32.1. The fraction of sp³-hybridized carbons (Fsp3) is 0.533. The van der Waals surface area contributed by atoms with Crippen LogP contribution in [0, 0.1) is 10.7 Å². The van der Waals surface area contributed by atoms with Gasteiger partial charge in [-0.3, -0.25) is 14.6 Å². The Morgan fingerprint density at radius 3 is 2.75 bits per heavy atom. The van der Waals surface area contributed by atoms with Gasteiger partial charge in [-0.25, -0.2) is 0 Å². The number of hydrogen-bond donors (Lipinski definition) is 1. The predicted octanol–water partition coefficient (Wildman–Crippen LogP) is 4.39. The van der Waals surface area contributed by atoms with E-state index >= 15 is 0 Å². The number of aromatic amines is 1. The third-order valence-corrected chi connectivity index (χ3v) is 3.76. The van der Waals surface area contributed by atoms with Crippen molar-refractivity contribution in [2.75, 3.05) is 0 Å². The first-order valence-electron chi connectivity index (χ1n) is 7.17. The van der Waals surface area contributed by atoms with Crippen molar-refractivity contribution in [1.82, 2.24) is 19.7 Å². The molecule has 0 bridgehead atoms. The minimum atomic E-state index is 0.343. The van der Waals surface area contributed by atoms with Gasteiger partial charge in [-0.05, 0) is 43.6 Å². The highest BCUT2D eigenvalue weighted by Gasteiger charge is 2.14. The molecule has 0 spiro atoms. The van der Waals surface area contributed by atoms with Crippen molar-refractivity contribution in [3.05, 3.63) is 29.3 Å². The van der Waals surface area contributed by atoms with Crippen LogP contribution in [0.25, 0.3) is 11.4 Å². The van der Waals surface area contributed by atoms with E-state index < -0.39 is 0 Å². The Kier molecular flexibility index (Phi) is 5.06. The van der Waals surface area contributed by atoms with E-state index in [2.05, 4.69) is 40.5 Å². The van der Waals surface area contributed by atoms with Crippen molar-refractivity contribution < 1.29 is 0 Å². The van der Waals surface area contributed by atoms with E-state index in [0.29, 0.717) is 10.8 Å². The molecule has 20 heavy (non-hydrogen) atoms. The molecule has 1 N–H and O–H groups in total. The lowest BCUT2D eigenvalue weighted by atomic mass is 10.0. The summed E-state index contributed by atoms with van der Waals surface area (Å²) in [7, 11) is 0. The molecule has 0 radical (unpaired) electrons. The zero-order valence-electron chi connectivity index (χ0n) is 12.3. The second-order valence-electron chi connectivity index (χ2n) is 5.64. The molecule has 2 aromatic heterocycles. The molecule has 108 valence electrons. The van der Waals surface area contributed by atoms with E-state index in [-0.39, 0.29) is 0 Å². The van der Waals surface area contributed by atoms with Gasteiger partial charge in [-0.2, -0.15) is 5.10 Å². The van der Waals surface area contributed by atoms with Crippen LogP contribution in [0.15, 0.2) is 24.5 Å². The van der Waals surface area contributed by atoms with Crippen LogP contribution in [0.1, 0.15) is 46.1 Å². The van der Waals surface area contributed by atoms with Gasteiger partial charge < -0.3 is 0 Å². The molecular formula is C15H22N4S. The number of hydrogen-bond acceptors (Lipinski definition) is 3. The summed E-state index contributed by atoms with van der Waals surface area (Å²) < 4.78 is 2.79. The maximum absolute atomic E-state index is 5.38. The van der Waals surface area contributed by atoms with Gasteiger partial charge in [0.1, 0.15) is 0 Å². The van der Waals surface area contributed by atoms with Crippen molar-refractivity contribution >= 4 is 12.2 Å². The van der Waals surface area contributed by atoms with Crippen LogP contribution >= 0.6 is 12.2 Å². The Morgan fingerprint density at radius 2 is 2.10 bits per heavy atom. The summed E-state index contributed by atoms with van der Waals surface area (Å²) in [6.45, 7) is 6.72. The third kappa shape index (κ3) is 3.54. The lowest BCUT2D eigenvalue weighted by Crippen LogP contribution is -2.08. The van der Waals surface area contributed by atoms with E-state index in [4.69, 9.17) is 12.2 Å². The number of H-pyrrole nitrogens is 1. The standard InChI is InChI=1S/C15H22N4S/c1-11(2)6-4-7-12(3)19-14(17-18-15(19)20)13-8-5-9-16-10-13/h5,8-12H,4,6-7H2,1-3H3,(H,18,20). The second-order valence-corrected chi connectivity index (χ2v) is 6.02. The fourth-order valence-corrected chi connectivity index (χ4v) is 2.67. The van der Waals surface area contributed by atoms with E-state index in [1.54, 1.807) is 6.20 Å². The van der Waals surface area contributed by atoms with Gasteiger partial charge in [0.15, 0.2) is 10.6 Å². The summed E-state index contributed by atoms with van der Waals surface area (Å²) in [6, 6.07) is 4.27. The van der Waals surface area contributed by atoms with Crippen LogP contribution in [0.2, 0.25) is 0 Å². The van der Waals surface area contributed by atoms with E-state index in [1.807, 2.05) is 18.3 Å². The van der Waals surface area contributed by atoms with E-state index in [0.717, 1.165) is 23.7 Å². The Hall–Kier alpha value is -1.49. The van der Waals surface area contributed by atoms with Gasteiger partial charge in [0.2, 0.25) is 0 Å². The molecule has 0 saturated carbocycles. The molecule has 0 aliphatic carbocycles. The lowest BCUT2D eigenvalue weighted by molar-refractivity contribution is 0.446. The van der Waals surface area contributed by atoms with E-state index in [9.17, 15) is 0 Å². The highest BCUT2D eigenvalue weighted by Crippen LogP contribution is 2.24. The Bertz CT molecular complexity index is 585. The van der Waals surface area contributed by atoms with Gasteiger partial charge in [0.25, 0.3) is 0 Å². The Morgan fingerprint density at radius 1 is 1.30 bits per heavy atom. The molecule has 0 amide bonds. The normalized spacial score (nSPS) is 12.8. The molecule has 2 heterocycles. The van der Waals surface area contributed by atoms with Crippen LogP contribution in [-0.2, 0) is 0 Å². The fourth-order valence-electron chi connectivity index (χ4n) is 2.36. The summed E-state index contributed by atoms with van der Waals surface area (Å²) in [6.07, 6.45) is 7.15. The van der Waals surface area contributed by atoms with Gasteiger partial charge in [0, 0.05) is 24.0 Å². The molecule has 1 atom stereocenters. The Labute approximate surface area is 125 Å². The minimum absolute atomic E-state index is 0.343. The number of nitrogens with one attached hydrogen (secondary N) is 1. The predicted molar refractivity (Wildman–Crippen MR) is 84.0 cm³/mol. The molecule has 2 aromatic rings. The number of nitrogens with zero attached hydrogens (tertiary/aromatic N) is 3. The monoisotopic (exact) mass is 290 g/mol. The SMILES string of the molecule is CC(C)CCCC(C)n1c(-c2cccnc2)n[nH]c1=S. The van der Waals surface area contributed by atoms with Crippen molar-refractivity contribution in [3.63, 3.8) is 0 Å². The first-order chi connectivity index (χ1) is 9.59. The number of rotatable bonds is 6. The lowest BCUT2D eigenvalue weighted by Gasteiger charge is -2.16. The minimum Gasteiger partial charge on any atom is -0.297 e. The first-order valence-corrected chi connectivity index (χ1v) is 7.57. The molecule has 0 aliphatic rings. The van der Waals surface area contributed by atoms with E-state index in [1.165, 1.54) is 12.8 Å². The number of aromatic nitrogens is 4. The average Bonchev–Trinajstić information content (AvgIpc) is 2.81. The van der Waals surface area contributed by atoms with Gasteiger partial charge in [0.05, 0.1) is 0 Å². The molecule has 2 rings (SSSR count). The average molecular weight is 290 g/mol. The summed E-state index contributed by atoms with van der Waals surface area (Å²) in [4.78, 5) is 4.15. The van der Waals surface area contributed by atoms with Crippen LogP contribution in [-0.4, -0.2) is 19.7 Å². The molecule has 0 saturated heterocycles. The molecule has 0 fully saturated rings. The summed E-state index contributed by atoms with van der Waals surface area (Å²) in [5, 5.41) is 7.26. The van der Waals surface area contributed by atoms with Crippen LogP contribution in [0.5, 0.6) is 0 Å². The van der Waals surface area contributed by atoms with Crippen molar-refractivity contribution in [2.45, 2.75) is 46.1 Å². The zero-order chi connectivity index (χ0) is 14.5. The largest absolute Gasteiger partial charge is 0.297 e. The molecule has 0 aliphatic heterocycles. The van der Waals surface area contributed by atoms with Crippen LogP contribution in [0.4, 0.5) is 0 Å². The maximum atomic E-state index is 5.38. The van der Waals surface area contributed by atoms with Crippen molar-refractivity contribution in [2.24, 2.45) is 5.92 Å².